The zero-order chi connectivity index (χ0) is 14.1. The van der Waals surface area contributed by atoms with Gasteiger partial charge in [0.15, 0.2) is 5.82 Å². The van der Waals surface area contributed by atoms with E-state index < -0.39 is 0 Å². The summed E-state index contributed by atoms with van der Waals surface area (Å²) in [6, 6.07) is 4.53. The highest BCUT2D eigenvalue weighted by Gasteiger charge is 2.13. The van der Waals surface area contributed by atoms with E-state index in [1.165, 1.54) is 23.7 Å². The number of fused-ring (bicyclic) bond motifs is 1. The minimum Gasteiger partial charge on any atom is -0.324 e. The Morgan fingerprint density at radius 1 is 1.50 bits per heavy atom. The predicted molar refractivity (Wildman–Crippen MR) is 79.0 cm³/mol. The maximum atomic E-state index is 13.3. The Morgan fingerprint density at radius 2 is 2.35 bits per heavy atom. The van der Waals surface area contributed by atoms with E-state index in [0.717, 1.165) is 5.52 Å². The summed E-state index contributed by atoms with van der Waals surface area (Å²) in [5.41, 5.74) is 2.12. The van der Waals surface area contributed by atoms with Gasteiger partial charge in [-0.3, -0.25) is 0 Å². The summed E-state index contributed by atoms with van der Waals surface area (Å²) < 4.78 is 19.0. The number of rotatable bonds is 3. The number of benzene rings is 1. The molecular formula is C13H10ClFN4S. The first-order valence-electron chi connectivity index (χ1n) is 5.99. The molecule has 0 aliphatic heterocycles. The van der Waals surface area contributed by atoms with Gasteiger partial charge in [0.25, 0.3) is 0 Å². The summed E-state index contributed by atoms with van der Waals surface area (Å²) in [5.74, 6) is 0.288. The molecule has 7 heteroatoms. The fourth-order valence-electron chi connectivity index (χ4n) is 2.03. The van der Waals surface area contributed by atoms with E-state index in [4.69, 9.17) is 11.6 Å². The van der Waals surface area contributed by atoms with Gasteiger partial charge in [-0.05, 0) is 36.7 Å². The minimum absolute atomic E-state index is 0.311. The second-order valence-electron chi connectivity index (χ2n) is 4.13. The first-order chi connectivity index (χ1) is 9.69. The van der Waals surface area contributed by atoms with Gasteiger partial charge in [-0.15, -0.1) is 5.10 Å². The summed E-state index contributed by atoms with van der Waals surface area (Å²) in [5, 5.41) is 6.16. The summed E-state index contributed by atoms with van der Waals surface area (Å²) in [7, 11) is 0. The molecule has 3 aromatic rings. The summed E-state index contributed by atoms with van der Waals surface area (Å²) in [6.07, 6.45) is 1.70. The highest BCUT2D eigenvalue weighted by Crippen LogP contribution is 2.26. The van der Waals surface area contributed by atoms with E-state index in [9.17, 15) is 4.39 Å². The highest BCUT2D eigenvalue weighted by molar-refractivity contribution is 7.03. The van der Waals surface area contributed by atoms with Crippen molar-refractivity contribution in [2.75, 3.05) is 0 Å². The molecule has 0 radical (unpaired) electrons. The van der Waals surface area contributed by atoms with Crippen LogP contribution >= 0.6 is 23.1 Å². The van der Waals surface area contributed by atoms with Crippen LogP contribution in [0.1, 0.15) is 18.4 Å². The van der Waals surface area contributed by atoms with E-state index in [-0.39, 0.29) is 5.82 Å². The lowest BCUT2D eigenvalue weighted by atomic mass is 10.3. The van der Waals surface area contributed by atoms with Crippen molar-refractivity contribution in [1.29, 1.82) is 0 Å². The molecule has 2 aromatic heterocycles. The van der Waals surface area contributed by atoms with Crippen LogP contribution in [0.2, 0.25) is 0 Å². The largest absolute Gasteiger partial charge is 0.324 e. The third-order valence-electron chi connectivity index (χ3n) is 2.89. The van der Waals surface area contributed by atoms with Crippen LogP contribution in [0.4, 0.5) is 4.39 Å². The Bertz CT molecular complexity index is 779. The van der Waals surface area contributed by atoms with Crippen LogP contribution in [-0.2, 0) is 6.54 Å². The van der Waals surface area contributed by atoms with Crippen LogP contribution in [0, 0.1) is 5.82 Å². The average molecular weight is 309 g/mol. The molecule has 0 unspecified atom stereocenters. The van der Waals surface area contributed by atoms with Gasteiger partial charge in [-0.25, -0.2) is 9.37 Å². The van der Waals surface area contributed by atoms with E-state index >= 15 is 0 Å². The molecule has 0 saturated carbocycles. The van der Waals surface area contributed by atoms with E-state index in [2.05, 4.69) is 14.6 Å². The van der Waals surface area contributed by atoms with Crippen molar-refractivity contribution in [3.63, 3.8) is 0 Å². The van der Waals surface area contributed by atoms with Gasteiger partial charge in [0.05, 0.1) is 21.8 Å². The lowest BCUT2D eigenvalue weighted by molar-refractivity contribution is 0.629. The van der Waals surface area contributed by atoms with Crippen molar-refractivity contribution >= 4 is 45.3 Å². The Labute approximate surface area is 123 Å². The number of aryl methyl sites for hydroxylation is 1. The zero-order valence-electron chi connectivity index (χ0n) is 10.5. The van der Waals surface area contributed by atoms with E-state index in [0.29, 0.717) is 28.6 Å². The molecular weight excluding hydrogens is 299 g/mol. The van der Waals surface area contributed by atoms with E-state index in [1.807, 2.05) is 11.5 Å². The number of hydrogen-bond acceptors (Lipinski definition) is 4. The molecule has 0 N–H and O–H groups in total. The topological polar surface area (TPSA) is 43.6 Å². The lowest BCUT2D eigenvalue weighted by Gasteiger charge is -2.04. The summed E-state index contributed by atoms with van der Waals surface area (Å²) in [4.78, 5) is 4.40. The third-order valence-corrected chi connectivity index (χ3v) is 3.69. The van der Waals surface area contributed by atoms with Crippen molar-refractivity contribution < 1.29 is 4.39 Å². The van der Waals surface area contributed by atoms with Crippen molar-refractivity contribution in [3.05, 3.63) is 40.9 Å². The smallest absolute Gasteiger partial charge is 0.152 e. The fourth-order valence-corrected chi connectivity index (χ4v) is 2.70. The molecule has 102 valence electrons. The third kappa shape index (κ3) is 2.32. The maximum Gasteiger partial charge on any atom is 0.152 e. The predicted octanol–water partition coefficient (Wildman–Crippen LogP) is 3.78. The Morgan fingerprint density at radius 3 is 3.05 bits per heavy atom. The van der Waals surface area contributed by atoms with Gasteiger partial charge in [0.2, 0.25) is 0 Å². The van der Waals surface area contributed by atoms with Gasteiger partial charge in [-0.1, -0.05) is 16.1 Å². The molecule has 20 heavy (non-hydrogen) atoms. The van der Waals surface area contributed by atoms with Crippen molar-refractivity contribution in [3.8, 4) is 0 Å². The SMILES string of the molecule is CCn1c(C(Cl)=Cc2csnn2)nc2cc(F)ccc21. The van der Waals surface area contributed by atoms with Crippen LogP contribution < -0.4 is 0 Å². The molecule has 0 aliphatic rings. The molecule has 0 aliphatic carbocycles. The Kier molecular flexibility index (Phi) is 3.50. The van der Waals surface area contributed by atoms with Crippen LogP contribution in [0.5, 0.6) is 0 Å². The van der Waals surface area contributed by atoms with Gasteiger partial charge >= 0.3 is 0 Å². The Balaban J connectivity index is 2.15. The van der Waals surface area contributed by atoms with Gasteiger partial charge in [-0.2, -0.15) is 0 Å². The van der Waals surface area contributed by atoms with Crippen LogP contribution in [0.15, 0.2) is 23.6 Å². The second kappa shape index (κ2) is 5.30. The molecule has 1 aromatic carbocycles. The van der Waals surface area contributed by atoms with Crippen LogP contribution in [-0.4, -0.2) is 19.1 Å². The van der Waals surface area contributed by atoms with Crippen LogP contribution in [0.3, 0.4) is 0 Å². The summed E-state index contributed by atoms with van der Waals surface area (Å²) >= 11 is 7.57. The number of hydrogen-bond donors (Lipinski definition) is 0. The van der Waals surface area contributed by atoms with Crippen molar-refractivity contribution in [2.45, 2.75) is 13.5 Å². The quantitative estimate of drug-likeness (QED) is 0.739. The van der Waals surface area contributed by atoms with E-state index in [1.54, 1.807) is 17.5 Å². The molecule has 0 fully saturated rings. The first kappa shape index (κ1) is 13.2. The number of nitrogens with zero attached hydrogens (tertiary/aromatic N) is 4. The molecule has 4 nitrogen and oxygen atoms in total. The van der Waals surface area contributed by atoms with Crippen molar-refractivity contribution in [2.24, 2.45) is 0 Å². The molecule has 0 bridgehead atoms. The molecule has 0 amide bonds. The first-order valence-corrected chi connectivity index (χ1v) is 7.21. The molecule has 2 heterocycles. The molecule has 0 saturated heterocycles. The fraction of sp³-hybridized carbons (Fsp3) is 0.154. The van der Waals surface area contributed by atoms with Crippen molar-refractivity contribution in [1.82, 2.24) is 19.1 Å². The average Bonchev–Trinajstić information content (AvgIpc) is 3.04. The number of halogens is 2. The van der Waals surface area contributed by atoms with Gasteiger partial charge in [0, 0.05) is 18.0 Å². The second-order valence-corrected chi connectivity index (χ2v) is 5.15. The minimum atomic E-state index is -0.311. The standard InChI is InChI=1S/C13H10ClFN4S/c1-2-19-12-4-3-8(15)5-11(12)16-13(19)10(14)6-9-7-20-18-17-9/h3-7H,2H2,1H3. The van der Waals surface area contributed by atoms with Crippen LogP contribution in [0.25, 0.3) is 22.1 Å². The zero-order valence-corrected chi connectivity index (χ0v) is 12.1. The monoisotopic (exact) mass is 308 g/mol. The summed E-state index contributed by atoms with van der Waals surface area (Å²) in [6.45, 7) is 2.68. The normalized spacial score (nSPS) is 12.2. The molecule has 3 rings (SSSR count). The number of aromatic nitrogens is 4. The highest BCUT2D eigenvalue weighted by atomic mass is 35.5. The number of imidazole rings is 1. The van der Waals surface area contributed by atoms with Gasteiger partial charge in [0.1, 0.15) is 5.82 Å². The Hall–Kier alpha value is -1.79. The maximum absolute atomic E-state index is 13.3. The molecule has 0 spiro atoms. The molecule has 0 atom stereocenters. The van der Waals surface area contributed by atoms with Gasteiger partial charge < -0.3 is 4.57 Å². The lowest BCUT2D eigenvalue weighted by Crippen LogP contribution is -1.98.